The quantitative estimate of drug-likeness (QED) is 0.881. The lowest BCUT2D eigenvalue weighted by molar-refractivity contribution is 0.199. The van der Waals surface area contributed by atoms with Crippen LogP contribution in [0.25, 0.3) is 0 Å². The SMILES string of the molecule is CCCc1nccn1Cc1cc(C(C)O)ccc1OC. The lowest BCUT2D eigenvalue weighted by Gasteiger charge is -2.14. The van der Waals surface area contributed by atoms with Crippen LogP contribution in [0.5, 0.6) is 5.75 Å². The molecule has 4 heteroatoms. The van der Waals surface area contributed by atoms with E-state index in [0.717, 1.165) is 35.5 Å². The number of rotatable bonds is 6. The smallest absolute Gasteiger partial charge is 0.123 e. The van der Waals surface area contributed by atoms with E-state index in [1.807, 2.05) is 30.6 Å². The summed E-state index contributed by atoms with van der Waals surface area (Å²) >= 11 is 0. The van der Waals surface area contributed by atoms with Crippen molar-refractivity contribution in [2.75, 3.05) is 7.11 Å². The third kappa shape index (κ3) is 3.20. The lowest BCUT2D eigenvalue weighted by Crippen LogP contribution is -2.06. The van der Waals surface area contributed by atoms with Crippen molar-refractivity contribution >= 4 is 0 Å². The van der Waals surface area contributed by atoms with Crippen LogP contribution < -0.4 is 4.74 Å². The van der Waals surface area contributed by atoms with Crippen LogP contribution in [0, 0.1) is 0 Å². The molecule has 1 aromatic carbocycles. The van der Waals surface area contributed by atoms with Gasteiger partial charge in [-0.15, -0.1) is 0 Å². The standard InChI is InChI=1S/C16H22N2O2/c1-4-5-16-17-8-9-18(16)11-14-10-13(12(2)19)6-7-15(14)20-3/h6-10,12,19H,4-5,11H2,1-3H3. The van der Waals surface area contributed by atoms with Crippen molar-refractivity contribution in [2.45, 2.75) is 39.3 Å². The second kappa shape index (κ2) is 6.57. The number of benzene rings is 1. The highest BCUT2D eigenvalue weighted by Crippen LogP contribution is 2.24. The average Bonchev–Trinajstić information content (AvgIpc) is 2.86. The second-order valence-corrected chi connectivity index (χ2v) is 4.97. The minimum Gasteiger partial charge on any atom is -0.496 e. The molecule has 108 valence electrons. The van der Waals surface area contributed by atoms with Gasteiger partial charge in [-0.2, -0.15) is 0 Å². The molecule has 1 heterocycles. The molecule has 0 fully saturated rings. The minimum absolute atomic E-state index is 0.474. The number of nitrogens with zero attached hydrogens (tertiary/aromatic N) is 2. The van der Waals surface area contributed by atoms with Gasteiger partial charge in [-0.1, -0.05) is 13.0 Å². The summed E-state index contributed by atoms with van der Waals surface area (Å²) in [5, 5.41) is 9.72. The van der Waals surface area contributed by atoms with Crippen molar-refractivity contribution in [1.29, 1.82) is 0 Å². The van der Waals surface area contributed by atoms with E-state index in [2.05, 4.69) is 16.5 Å². The summed E-state index contributed by atoms with van der Waals surface area (Å²) in [6.45, 7) is 4.62. The molecule has 0 aliphatic carbocycles. The zero-order valence-electron chi connectivity index (χ0n) is 12.3. The van der Waals surface area contributed by atoms with Gasteiger partial charge in [-0.05, 0) is 31.0 Å². The first-order valence-corrected chi connectivity index (χ1v) is 7.00. The van der Waals surface area contributed by atoms with Gasteiger partial charge in [0.1, 0.15) is 11.6 Å². The van der Waals surface area contributed by atoms with E-state index >= 15 is 0 Å². The molecule has 0 saturated carbocycles. The third-order valence-electron chi connectivity index (χ3n) is 3.40. The number of methoxy groups -OCH3 is 1. The Kier molecular flexibility index (Phi) is 4.79. The van der Waals surface area contributed by atoms with E-state index < -0.39 is 6.10 Å². The van der Waals surface area contributed by atoms with Crippen LogP contribution >= 0.6 is 0 Å². The zero-order chi connectivity index (χ0) is 14.5. The van der Waals surface area contributed by atoms with Gasteiger partial charge in [0.15, 0.2) is 0 Å². The van der Waals surface area contributed by atoms with E-state index in [9.17, 15) is 5.11 Å². The molecule has 20 heavy (non-hydrogen) atoms. The maximum Gasteiger partial charge on any atom is 0.123 e. The van der Waals surface area contributed by atoms with Gasteiger partial charge in [0.05, 0.1) is 19.8 Å². The average molecular weight is 274 g/mol. The number of aromatic nitrogens is 2. The van der Waals surface area contributed by atoms with E-state index in [0.29, 0.717) is 6.54 Å². The molecule has 4 nitrogen and oxygen atoms in total. The Morgan fingerprint density at radius 1 is 1.40 bits per heavy atom. The van der Waals surface area contributed by atoms with Crippen LogP contribution in [-0.2, 0) is 13.0 Å². The molecule has 0 bridgehead atoms. The van der Waals surface area contributed by atoms with Gasteiger partial charge in [0.25, 0.3) is 0 Å². The van der Waals surface area contributed by atoms with E-state index in [1.54, 1.807) is 14.0 Å². The van der Waals surface area contributed by atoms with E-state index in [-0.39, 0.29) is 0 Å². The first-order chi connectivity index (χ1) is 9.65. The summed E-state index contributed by atoms with van der Waals surface area (Å²) in [4.78, 5) is 4.39. The summed E-state index contributed by atoms with van der Waals surface area (Å²) < 4.78 is 7.55. The number of aliphatic hydroxyl groups excluding tert-OH is 1. The molecule has 0 saturated heterocycles. The Morgan fingerprint density at radius 3 is 2.85 bits per heavy atom. The predicted molar refractivity (Wildman–Crippen MR) is 79.0 cm³/mol. The van der Waals surface area contributed by atoms with Crippen LogP contribution in [0.2, 0.25) is 0 Å². The molecular weight excluding hydrogens is 252 g/mol. The predicted octanol–water partition coefficient (Wildman–Crippen LogP) is 2.95. The number of hydrogen-bond donors (Lipinski definition) is 1. The van der Waals surface area contributed by atoms with Gasteiger partial charge >= 0.3 is 0 Å². The number of aryl methyl sites for hydroxylation is 1. The van der Waals surface area contributed by atoms with Crippen LogP contribution in [0.3, 0.4) is 0 Å². The van der Waals surface area contributed by atoms with Crippen LogP contribution in [0.15, 0.2) is 30.6 Å². The first kappa shape index (κ1) is 14.6. The maximum atomic E-state index is 9.72. The normalized spacial score (nSPS) is 12.4. The Labute approximate surface area is 120 Å². The molecule has 2 aromatic rings. The first-order valence-electron chi connectivity index (χ1n) is 7.00. The van der Waals surface area contributed by atoms with Crippen molar-refractivity contribution in [3.05, 3.63) is 47.5 Å². The number of imidazole rings is 1. The molecular formula is C16H22N2O2. The molecule has 0 aliphatic rings. The number of aliphatic hydroxyl groups is 1. The van der Waals surface area contributed by atoms with Gasteiger partial charge in [0.2, 0.25) is 0 Å². The third-order valence-corrected chi connectivity index (χ3v) is 3.40. The topological polar surface area (TPSA) is 47.3 Å². The summed E-state index contributed by atoms with van der Waals surface area (Å²) in [5.74, 6) is 1.92. The molecule has 0 aliphatic heterocycles. The molecule has 1 N–H and O–H groups in total. The molecule has 2 rings (SSSR count). The fraction of sp³-hybridized carbons (Fsp3) is 0.438. The van der Waals surface area contributed by atoms with Crippen LogP contribution in [-0.4, -0.2) is 21.8 Å². The zero-order valence-corrected chi connectivity index (χ0v) is 12.3. The van der Waals surface area contributed by atoms with Crippen molar-refractivity contribution in [2.24, 2.45) is 0 Å². The highest BCUT2D eigenvalue weighted by molar-refractivity contribution is 5.38. The largest absolute Gasteiger partial charge is 0.496 e. The maximum absolute atomic E-state index is 9.72. The number of hydrogen-bond acceptors (Lipinski definition) is 3. The second-order valence-electron chi connectivity index (χ2n) is 4.97. The lowest BCUT2D eigenvalue weighted by atomic mass is 10.1. The molecule has 0 radical (unpaired) electrons. The minimum atomic E-state index is -0.474. The van der Waals surface area contributed by atoms with E-state index in [1.165, 1.54) is 0 Å². The van der Waals surface area contributed by atoms with E-state index in [4.69, 9.17) is 4.74 Å². The fourth-order valence-electron chi connectivity index (χ4n) is 2.30. The molecule has 0 spiro atoms. The van der Waals surface area contributed by atoms with Gasteiger partial charge in [0, 0.05) is 24.4 Å². The fourth-order valence-corrected chi connectivity index (χ4v) is 2.30. The molecule has 1 atom stereocenters. The highest BCUT2D eigenvalue weighted by atomic mass is 16.5. The molecule has 1 unspecified atom stereocenters. The molecule has 1 aromatic heterocycles. The van der Waals surface area contributed by atoms with Crippen molar-refractivity contribution in [3.63, 3.8) is 0 Å². The van der Waals surface area contributed by atoms with Crippen molar-refractivity contribution in [1.82, 2.24) is 9.55 Å². The monoisotopic (exact) mass is 274 g/mol. The van der Waals surface area contributed by atoms with Gasteiger partial charge < -0.3 is 14.4 Å². The number of ether oxygens (including phenoxy) is 1. The van der Waals surface area contributed by atoms with Crippen LogP contribution in [0.4, 0.5) is 0 Å². The summed E-state index contributed by atoms with van der Waals surface area (Å²) in [6, 6.07) is 5.81. The molecule has 0 amide bonds. The Morgan fingerprint density at radius 2 is 2.20 bits per heavy atom. The Hall–Kier alpha value is -1.81. The highest BCUT2D eigenvalue weighted by Gasteiger charge is 2.10. The van der Waals surface area contributed by atoms with Gasteiger partial charge in [-0.25, -0.2) is 4.98 Å². The van der Waals surface area contributed by atoms with Gasteiger partial charge in [-0.3, -0.25) is 0 Å². The summed E-state index contributed by atoms with van der Waals surface area (Å²) in [7, 11) is 1.67. The summed E-state index contributed by atoms with van der Waals surface area (Å²) in [6.07, 6.45) is 5.38. The van der Waals surface area contributed by atoms with Crippen LogP contribution in [0.1, 0.15) is 43.3 Å². The Bertz CT molecular complexity index is 561. The summed E-state index contributed by atoms with van der Waals surface area (Å²) in [5.41, 5.74) is 1.96. The van der Waals surface area contributed by atoms with Crippen molar-refractivity contribution < 1.29 is 9.84 Å². The van der Waals surface area contributed by atoms with Crippen molar-refractivity contribution in [3.8, 4) is 5.75 Å². The Balaban J connectivity index is 2.31.